The van der Waals surface area contributed by atoms with Crippen LogP contribution in [-0.2, 0) is 11.2 Å². The van der Waals surface area contributed by atoms with Crippen molar-refractivity contribution in [2.75, 3.05) is 0 Å². The molecule has 1 aliphatic carbocycles. The van der Waals surface area contributed by atoms with Crippen molar-refractivity contribution < 1.29 is 9.90 Å². The van der Waals surface area contributed by atoms with Crippen LogP contribution >= 0.6 is 0 Å². The van der Waals surface area contributed by atoms with Crippen molar-refractivity contribution in [3.63, 3.8) is 0 Å². The molecule has 0 amide bonds. The number of benzene rings is 2. The maximum atomic E-state index is 11.1. The van der Waals surface area contributed by atoms with E-state index in [1.165, 1.54) is 67.2 Å². The molecular weight excluding hydrogens is 356 g/mol. The van der Waals surface area contributed by atoms with Gasteiger partial charge in [-0.25, -0.2) is 0 Å². The summed E-state index contributed by atoms with van der Waals surface area (Å²) in [6.45, 7) is 2.27. The Kier molecular flexibility index (Phi) is 8.34. The Balaban J connectivity index is 1.49. The van der Waals surface area contributed by atoms with E-state index in [1.807, 2.05) is 0 Å². The van der Waals surface area contributed by atoms with Gasteiger partial charge in [-0.3, -0.25) is 4.79 Å². The summed E-state index contributed by atoms with van der Waals surface area (Å²) in [5, 5.41) is 9.17. The quantitative estimate of drug-likeness (QED) is 0.422. The monoisotopic (exact) mass is 392 g/mol. The zero-order valence-electron chi connectivity index (χ0n) is 17.9. The molecule has 1 fully saturated rings. The van der Waals surface area contributed by atoms with Crippen LogP contribution in [0.15, 0.2) is 48.5 Å². The molecule has 0 bridgehead atoms. The third-order valence-electron chi connectivity index (χ3n) is 6.56. The number of hydrogen-bond donors (Lipinski definition) is 1. The normalized spacial score (nSPS) is 19.2. The number of carboxylic acids is 1. The van der Waals surface area contributed by atoms with Gasteiger partial charge in [0.1, 0.15) is 0 Å². The number of aryl methyl sites for hydroxylation is 1. The fourth-order valence-corrected chi connectivity index (χ4v) is 4.59. The Hall–Kier alpha value is -2.09. The van der Waals surface area contributed by atoms with Gasteiger partial charge < -0.3 is 5.11 Å². The second-order valence-electron chi connectivity index (χ2n) is 8.72. The first kappa shape index (κ1) is 21.6. The molecule has 29 heavy (non-hydrogen) atoms. The largest absolute Gasteiger partial charge is 0.481 e. The molecule has 1 saturated carbocycles. The van der Waals surface area contributed by atoms with E-state index in [-0.39, 0.29) is 5.92 Å². The Morgan fingerprint density at radius 3 is 1.93 bits per heavy atom. The molecule has 0 spiro atoms. The van der Waals surface area contributed by atoms with E-state index in [4.69, 9.17) is 5.11 Å². The zero-order valence-corrected chi connectivity index (χ0v) is 17.9. The highest BCUT2D eigenvalue weighted by Crippen LogP contribution is 2.36. The number of rotatable bonds is 10. The molecule has 0 heterocycles. The Morgan fingerprint density at radius 2 is 1.34 bits per heavy atom. The number of carbonyl (C=O) groups is 1. The van der Waals surface area contributed by atoms with Crippen LogP contribution in [0.4, 0.5) is 0 Å². The molecule has 3 rings (SSSR count). The van der Waals surface area contributed by atoms with E-state index in [1.54, 1.807) is 0 Å². The van der Waals surface area contributed by atoms with Gasteiger partial charge in [0.15, 0.2) is 0 Å². The molecule has 0 unspecified atom stereocenters. The van der Waals surface area contributed by atoms with Gasteiger partial charge in [-0.2, -0.15) is 0 Å². The summed E-state index contributed by atoms with van der Waals surface area (Å²) in [6, 6.07) is 18.0. The summed E-state index contributed by atoms with van der Waals surface area (Å²) < 4.78 is 0. The minimum atomic E-state index is -0.626. The average molecular weight is 393 g/mol. The third kappa shape index (κ3) is 6.45. The van der Waals surface area contributed by atoms with Crippen LogP contribution in [0.5, 0.6) is 0 Å². The van der Waals surface area contributed by atoms with Crippen LogP contribution < -0.4 is 0 Å². The summed E-state index contributed by atoms with van der Waals surface area (Å²) >= 11 is 0. The molecule has 1 aliphatic rings. The summed E-state index contributed by atoms with van der Waals surface area (Å²) in [5.41, 5.74) is 5.34. The smallest absolute Gasteiger partial charge is 0.306 e. The van der Waals surface area contributed by atoms with E-state index in [9.17, 15) is 4.79 Å². The number of hydrogen-bond acceptors (Lipinski definition) is 1. The predicted molar refractivity (Wildman–Crippen MR) is 121 cm³/mol. The first-order chi connectivity index (χ1) is 14.2. The lowest BCUT2D eigenvalue weighted by Gasteiger charge is -2.26. The Bertz CT molecular complexity index is 737. The summed E-state index contributed by atoms with van der Waals surface area (Å²) in [6.07, 6.45) is 12.9. The molecule has 156 valence electrons. The van der Waals surface area contributed by atoms with Crippen LogP contribution in [0.3, 0.4) is 0 Å². The first-order valence-corrected chi connectivity index (χ1v) is 11.6. The van der Waals surface area contributed by atoms with Crippen LogP contribution in [0, 0.1) is 5.92 Å². The van der Waals surface area contributed by atoms with Crippen molar-refractivity contribution in [2.45, 2.75) is 83.5 Å². The Morgan fingerprint density at radius 1 is 0.793 bits per heavy atom. The lowest BCUT2D eigenvalue weighted by atomic mass is 9.78. The molecule has 0 aromatic heterocycles. The van der Waals surface area contributed by atoms with Crippen molar-refractivity contribution in [1.82, 2.24) is 0 Å². The van der Waals surface area contributed by atoms with Crippen molar-refractivity contribution in [3.8, 4) is 11.1 Å². The molecule has 2 aromatic carbocycles. The van der Waals surface area contributed by atoms with E-state index in [2.05, 4.69) is 55.5 Å². The summed E-state index contributed by atoms with van der Waals surface area (Å²) in [7, 11) is 0. The maximum absolute atomic E-state index is 11.1. The standard InChI is InChI=1S/C27H36O2/c1-2-3-4-5-6-7-8-21-9-11-22(12-10-21)23-13-15-24(16-14-23)25-17-19-26(20-18-25)27(28)29/h9-16,25-26H,2-8,17-20H2,1H3,(H,28,29)/t25-,26-. The molecule has 0 radical (unpaired) electrons. The highest BCUT2D eigenvalue weighted by molar-refractivity contribution is 5.70. The number of carboxylic acid groups (broad SMARTS) is 1. The molecule has 2 nitrogen and oxygen atoms in total. The van der Waals surface area contributed by atoms with Gasteiger partial charge in [0, 0.05) is 0 Å². The minimum absolute atomic E-state index is 0.139. The van der Waals surface area contributed by atoms with Crippen molar-refractivity contribution in [1.29, 1.82) is 0 Å². The average Bonchev–Trinajstić information content (AvgIpc) is 2.77. The summed E-state index contributed by atoms with van der Waals surface area (Å²) in [4.78, 5) is 11.1. The van der Waals surface area contributed by atoms with Crippen LogP contribution in [0.25, 0.3) is 11.1 Å². The third-order valence-corrected chi connectivity index (χ3v) is 6.56. The second-order valence-corrected chi connectivity index (χ2v) is 8.72. The van der Waals surface area contributed by atoms with E-state index < -0.39 is 5.97 Å². The second kappa shape index (κ2) is 11.2. The zero-order chi connectivity index (χ0) is 20.5. The van der Waals surface area contributed by atoms with Gasteiger partial charge in [-0.05, 0) is 66.7 Å². The predicted octanol–water partition coefficient (Wildman–Crippen LogP) is 7.62. The molecule has 2 heteroatoms. The first-order valence-electron chi connectivity index (χ1n) is 11.6. The fourth-order valence-electron chi connectivity index (χ4n) is 4.59. The lowest BCUT2D eigenvalue weighted by molar-refractivity contribution is -0.142. The van der Waals surface area contributed by atoms with Gasteiger partial charge >= 0.3 is 5.97 Å². The SMILES string of the molecule is CCCCCCCCc1ccc(-c2ccc([C@H]3CC[C@H](C(=O)O)CC3)cc2)cc1. The Labute approximate surface area is 176 Å². The molecule has 0 aliphatic heterocycles. The molecule has 2 aromatic rings. The van der Waals surface area contributed by atoms with Gasteiger partial charge in [0.25, 0.3) is 0 Å². The van der Waals surface area contributed by atoms with Crippen molar-refractivity contribution in [3.05, 3.63) is 59.7 Å². The highest BCUT2D eigenvalue weighted by Gasteiger charge is 2.26. The van der Waals surface area contributed by atoms with Crippen molar-refractivity contribution in [2.24, 2.45) is 5.92 Å². The lowest BCUT2D eigenvalue weighted by Crippen LogP contribution is -2.20. The molecular formula is C27H36O2. The maximum Gasteiger partial charge on any atom is 0.306 e. The summed E-state index contributed by atoms with van der Waals surface area (Å²) in [5.74, 6) is -0.251. The topological polar surface area (TPSA) is 37.3 Å². The minimum Gasteiger partial charge on any atom is -0.481 e. The van der Waals surface area contributed by atoms with Crippen LogP contribution in [-0.4, -0.2) is 11.1 Å². The number of aliphatic carboxylic acids is 1. The highest BCUT2D eigenvalue weighted by atomic mass is 16.4. The molecule has 0 saturated heterocycles. The van der Waals surface area contributed by atoms with Crippen LogP contribution in [0.1, 0.15) is 88.2 Å². The van der Waals surface area contributed by atoms with Crippen LogP contribution in [0.2, 0.25) is 0 Å². The number of unbranched alkanes of at least 4 members (excludes halogenated alkanes) is 5. The fraction of sp³-hybridized carbons (Fsp3) is 0.519. The van der Waals surface area contributed by atoms with E-state index in [0.717, 1.165) is 25.7 Å². The van der Waals surface area contributed by atoms with Gasteiger partial charge in [-0.15, -0.1) is 0 Å². The van der Waals surface area contributed by atoms with Gasteiger partial charge in [0.2, 0.25) is 0 Å². The van der Waals surface area contributed by atoms with Gasteiger partial charge in [-0.1, -0.05) is 87.6 Å². The molecule has 0 atom stereocenters. The molecule has 1 N–H and O–H groups in total. The van der Waals surface area contributed by atoms with E-state index in [0.29, 0.717) is 5.92 Å². The van der Waals surface area contributed by atoms with E-state index >= 15 is 0 Å². The van der Waals surface area contributed by atoms with Crippen molar-refractivity contribution >= 4 is 5.97 Å². The van der Waals surface area contributed by atoms with Gasteiger partial charge in [0.05, 0.1) is 5.92 Å².